The van der Waals surface area contributed by atoms with Crippen LogP contribution in [-0.2, 0) is 22.5 Å². The second kappa shape index (κ2) is 13.2. The number of carbonyl (C=O) groups is 1. The molecule has 9 nitrogen and oxygen atoms in total. The predicted octanol–water partition coefficient (Wildman–Crippen LogP) is 5.55. The van der Waals surface area contributed by atoms with Crippen LogP contribution in [-0.4, -0.2) is 51.9 Å². The number of aromatic nitrogens is 4. The van der Waals surface area contributed by atoms with Crippen LogP contribution in [0.1, 0.15) is 83.3 Å². The molecule has 1 aliphatic heterocycles. The van der Waals surface area contributed by atoms with E-state index in [9.17, 15) is 4.79 Å². The van der Waals surface area contributed by atoms with Crippen LogP contribution in [0, 0.1) is 5.41 Å². The average molecular weight is 537 g/mol. The van der Waals surface area contributed by atoms with Crippen LogP contribution in [0.4, 0.5) is 11.8 Å². The summed E-state index contributed by atoms with van der Waals surface area (Å²) in [5, 5.41) is 8.24. The Morgan fingerprint density at radius 3 is 2.77 bits per heavy atom. The Kier molecular flexibility index (Phi) is 9.78. The molecule has 3 aromatic rings. The van der Waals surface area contributed by atoms with E-state index in [0.717, 1.165) is 81.4 Å². The SMILES string of the molecule is CCC[C@@H](CCCC(C)=O)Nc1nc(N)nc2cnn(Cc3ccc(CCC4(C)CCOCC4)cc3OC)c12. The molecule has 0 unspecified atom stereocenters. The number of rotatable bonds is 14. The zero-order valence-electron chi connectivity index (χ0n) is 24.0. The number of methoxy groups -OCH3 is 1. The topological polar surface area (TPSA) is 117 Å². The number of nitrogen functional groups attached to an aromatic ring is 1. The Bertz CT molecular complexity index is 1250. The van der Waals surface area contributed by atoms with E-state index in [1.807, 2.05) is 4.68 Å². The summed E-state index contributed by atoms with van der Waals surface area (Å²) in [6.45, 7) is 8.42. The number of ether oxygens (including phenoxy) is 2. The van der Waals surface area contributed by atoms with Gasteiger partial charge in [0, 0.05) is 31.2 Å². The highest BCUT2D eigenvalue weighted by atomic mass is 16.5. The maximum Gasteiger partial charge on any atom is 0.222 e. The second-order valence-corrected chi connectivity index (χ2v) is 11.3. The average Bonchev–Trinajstić information content (AvgIpc) is 3.30. The Labute approximate surface area is 231 Å². The number of fused-ring (bicyclic) bond motifs is 1. The van der Waals surface area contributed by atoms with Gasteiger partial charge in [-0.3, -0.25) is 4.68 Å². The largest absolute Gasteiger partial charge is 0.496 e. The molecule has 0 saturated carbocycles. The van der Waals surface area contributed by atoms with Gasteiger partial charge in [-0.25, -0.2) is 4.98 Å². The summed E-state index contributed by atoms with van der Waals surface area (Å²) in [7, 11) is 1.72. The van der Waals surface area contributed by atoms with Crippen molar-refractivity contribution in [3.05, 3.63) is 35.5 Å². The lowest BCUT2D eigenvalue weighted by molar-refractivity contribution is -0.117. The van der Waals surface area contributed by atoms with Crippen LogP contribution in [0.15, 0.2) is 24.4 Å². The highest BCUT2D eigenvalue weighted by molar-refractivity contribution is 5.86. The minimum Gasteiger partial charge on any atom is -0.496 e. The molecular weight excluding hydrogens is 492 g/mol. The molecule has 1 aromatic carbocycles. The van der Waals surface area contributed by atoms with Crippen LogP contribution >= 0.6 is 0 Å². The van der Waals surface area contributed by atoms with Crippen molar-refractivity contribution in [1.29, 1.82) is 0 Å². The summed E-state index contributed by atoms with van der Waals surface area (Å²) >= 11 is 0. The molecule has 0 amide bonds. The standard InChI is InChI=1S/C30H44N6O3/c1-5-7-24(9-6-8-21(2)37)33-28-27-25(34-29(31)35-28)19-32-36(27)20-23-11-10-22(18-26(23)38-4)12-13-30(3)14-16-39-17-15-30/h10-11,18-19,24H,5-9,12-17,20H2,1-4H3,(H3,31,33,34,35)/t24-/m0/s1. The molecule has 39 heavy (non-hydrogen) atoms. The third-order valence-corrected chi connectivity index (χ3v) is 7.95. The number of hydrogen-bond acceptors (Lipinski definition) is 8. The Balaban J connectivity index is 1.54. The first-order valence-corrected chi connectivity index (χ1v) is 14.3. The van der Waals surface area contributed by atoms with Crippen LogP contribution in [0.5, 0.6) is 5.75 Å². The van der Waals surface area contributed by atoms with E-state index in [4.69, 9.17) is 15.2 Å². The minimum absolute atomic E-state index is 0.182. The van der Waals surface area contributed by atoms with Crippen molar-refractivity contribution in [2.45, 2.75) is 91.1 Å². The van der Waals surface area contributed by atoms with Gasteiger partial charge in [0.25, 0.3) is 0 Å². The second-order valence-electron chi connectivity index (χ2n) is 11.3. The molecule has 0 aliphatic carbocycles. The molecule has 1 fully saturated rings. The molecule has 1 aliphatic rings. The number of carbonyl (C=O) groups excluding carboxylic acids is 1. The Hall–Kier alpha value is -3.20. The summed E-state index contributed by atoms with van der Waals surface area (Å²) in [4.78, 5) is 20.4. The van der Waals surface area contributed by atoms with E-state index < -0.39 is 0 Å². The number of anilines is 2. The van der Waals surface area contributed by atoms with E-state index in [-0.39, 0.29) is 17.8 Å². The highest BCUT2D eigenvalue weighted by Gasteiger charge is 2.27. The summed E-state index contributed by atoms with van der Waals surface area (Å²) in [5.41, 5.74) is 10.2. The molecule has 9 heteroatoms. The fourth-order valence-electron chi connectivity index (χ4n) is 5.46. The molecule has 1 saturated heterocycles. The number of hydrogen-bond donors (Lipinski definition) is 2. The van der Waals surface area contributed by atoms with Gasteiger partial charge < -0.3 is 25.3 Å². The van der Waals surface area contributed by atoms with E-state index in [1.54, 1.807) is 20.2 Å². The number of ketones is 1. The first-order valence-electron chi connectivity index (χ1n) is 14.3. The lowest BCUT2D eigenvalue weighted by Gasteiger charge is -2.33. The predicted molar refractivity (Wildman–Crippen MR) is 155 cm³/mol. The third-order valence-electron chi connectivity index (χ3n) is 7.95. The van der Waals surface area contributed by atoms with Crippen molar-refractivity contribution < 1.29 is 14.3 Å². The molecule has 3 heterocycles. The summed E-state index contributed by atoms with van der Waals surface area (Å²) in [5.74, 6) is 1.96. The molecule has 0 bridgehead atoms. The van der Waals surface area contributed by atoms with Crippen molar-refractivity contribution in [2.75, 3.05) is 31.4 Å². The Morgan fingerprint density at radius 2 is 2.05 bits per heavy atom. The number of aryl methyl sites for hydroxylation is 1. The van der Waals surface area contributed by atoms with Gasteiger partial charge in [0.1, 0.15) is 22.6 Å². The number of Topliss-reactive ketones (excluding diaryl/α,β-unsaturated/α-hetero) is 1. The van der Waals surface area contributed by atoms with E-state index in [0.29, 0.717) is 29.7 Å². The molecule has 3 N–H and O–H groups in total. The summed E-state index contributed by atoms with van der Waals surface area (Å²) < 4.78 is 13.3. The van der Waals surface area contributed by atoms with Gasteiger partial charge in [0.2, 0.25) is 5.95 Å². The Morgan fingerprint density at radius 1 is 1.26 bits per heavy atom. The van der Waals surface area contributed by atoms with Gasteiger partial charge >= 0.3 is 0 Å². The first-order chi connectivity index (χ1) is 18.8. The maximum absolute atomic E-state index is 11.5. The molecule has 4 rings (SSSR count). The van der Waals surface area contributed by atoms with Crippen molar-refractivity contribution in [3.8, 4) is 5.75 Å². The van der Waals surface area contributed by atoms with Gasteiger partial charge in [-0.15, -0.1) is 0 Å². The van der Waals surface area contributed by atoms with Crippen LogP contribution < -0.4 is 15.8 Å². The molecule has 212 valence electrons. The summed E-state index contributed by atoms with van der Waals surface area (Å²) in [6.07, 6.45) is 10.4. The summed E-state index contributed by atoms with van der Waals surface area (Å²) in [6, 6.07) is 6.68. The normalized spacial score (nSPS) is 15.8. The van der Waals surface area contributed by atoms with Gasteiger partial charge in [-0.05, 0) is 68.9 Å². The fourth-order valence-corrected chi connectivity index (χ4v) is 5.46. The number of benzene rings is 1. The number of nitrogens with one attached hydrogen (secondary N) is 1. The first kappa shape index (κ1) is 28.8. The van der Waals surface area contributed by atoms with E-state index in [1.165, 1.54) is 5.56 Å². The maximum atomic E-state index is 11.5. The van der Waals surface area contributed by atoms with Crippen LogP contribution in [0.2, 0.25) is 0 Å². The van der Waals surface area contributed by atoms with Crippen LogP contribution in [0.25, 0.3) is 11.0 Å². The van der Waals surface area contributed by atoms with Gasteiger partial charge in [-0.2, -0.15) is 10.1 Å². The quantitative estimate of drug-likeness (QED) is 0.275. The third kappa shape index (κ3) is 7.68. The van der Waals surface area contributed by atoms with Crippen molar-refractivity contribution in [2.24, 2.45) is 5.41 Å². The van der Waals surface area contributed by atoms with E-state index >= 15 is 0 Å². The fraction of sp³-hybridized carbons (Fsp3) is 0.600. The van der Waals surface area contributed by atoms with Gasteiger partial charge in [0.05, 0.1) is 19.9 Å². The molecule has 0 spiro atoms. The number of nitrogens with two attached hydrogens (primary N) is 1. The molecule has 1 atom stereocenters. The zero-order chi connectivity index (χ0) is 27.8. The van der Waals surface area contributed by atoms with Gasteiger partial charge in [-0.1, -0.05) is 32.4 Å². The van der Waals surface area contributed by atoms with Crippen molar-refractivity contribution in [3.63, 3.8) is 0 Å². The number of nitrogens with zero attached hydrogens (tertiary/aromatic N) is 4. The monoisotopic (exact) mass is 536 g/mol. The van der Waals surface area contributed by atoms with E-state index in [2.05, 4.69) is 52.4 Å². The van der Waals surface area contributed by atoms with Crippen LogP contribution in [0.3, 0.4) is 0 Å². The highest BCUT2D eigenvalue weighted by Crippen LogP contribution is 2.35. The lowest BCUT2D eigenvalue weighted by Crippen LogP contribution is -2.27. The molecule has 2 aromatic heterocycles. The smallest absolute Gasteiger partial charge is 0.222 e. The zero-order valence-corrected chi connectivity index (χ0v) is 24.0. The van der Waals surface area contributed by atoms with Gasteiger partial charge in [0.15, 0.2) is 5.82 Å². The molecule has 0 radical (unpaired) electrons. The minimum atomic E-state index is 0.182. The lowest BCUT2D eigenvalue weighted by atomic mass is 9.77. The van der Waals surface area contributed by atoms with Crippen molar-refractivity contribution in [1.82, 2.24) is 19.7 Å². The van der Waals surface area contributed by atoms with Crippen molar-refractivity contribution >= 4 is 28.6 Å². The molecular formula is C30H44N6O3.